The molecular weight excluding hydrogens is 429 g/mol. The lowest BCUT2D eigenvalue weighted by Gasteiger charge is -2.12. The van der Waals surface area contributed by atoms with Gasteiger partial charge >= 0.3 is 5.97 Å². The third kappa shape index (κ3) is 3.71. The maximum atomic E-state index is 11.8. The third-order valence-electron chi connectivity index (χ3n) is 3.64. The Labute approximate surface area is 162 Å². The summed E-state index contributed by atoms with van der Waals surface area (Å²) < 4.78 is 2.38. The van der Waals surface area contributed by atoms with Crippen molar-refractivity contribution in [1.82, 2.24) is 14.5 Å². The SMILES string of the molecule is Cc1nc(-c2cncc(Br)c2)n(Cc2cc(Cl)ccc2Cl)c1C(=O)O. The van der Waals surface area contributed by atoms with E-state index in [0.29, 0.717) is 32.7 Å². The normalized spacial score (nSPS) is 10.9. The Hall–Kier alpha value is -1.89. The van der Waals surface area contributed by atoms with Crippen LogP contribution < -0.4 is 0 Å². The number of halogens is 3. The first kappa shape index (κ1) is 17.9. The van der Waals surface area contributed by atoms with Crippen molar-refractivity contribution in [3.05, 3.63) is 68.1 Å². The maximum Gasteiger partial charge on any atom is 0.354 e. The number of nitrogens with zero attached hydrogens (tertiary/aromatic N) is 3. The van der Waals surface area contributed by atoms with Crippen molar-refractivity contribution in [2.24, 2.45) is 0 Å². The molecule has 2 heterocycles. The van der Waals surface area contributed by atoms with Gasteiger partial charge in [-0.15, -0.1) is 0 Å². The monoisotopic (exact) mass is 439 g/mol. The molecule has 3 aromatic rings. The lowest BCUT2D eigenvalue weighted by molar-refractivity contribution is 0.0685. The molecule has 1 aromatic carbocycles. The Balaban J connectivity index is 2.19. The van der Waals surface area contributed by atoms with E-state index in [1.165, 1.54) is 0 Å². The van der Waals surface area contributed by atoms with Gasteiger partial charge in [-0.1, -0.05) is 23.2 Å². The minimum Gasteiger partial charge on any atom is -0.477 e. The van der Waals surface area contributed by atoms with Crippen LogP contribution >= 0.6 is 39.1 Å². The molecular formula is C17H12BrCl2N3O2. The summed E-state index contributed by atoms with van der Waals surface area (Å²) in [5.41, 5.74) is 1.92. The van der Waals surface area contributed by atoms with Gasteiger partial charge in [-0.3, -0.25) is 4.98 Å². The van der Waals surface area contributed by atoms with Crippen LogP contribution in [0.2, 0.25) is 10.0 Å². The van der Waals surface area contributed by atoms with Crippen molar-refractivity contribution >= 4 is 45.1 Å². The molecule has 0 aliphatic rings. The third-order valence-corrected chi connectivity index (χ3v) is 4.68. The number of rotatable bonds is 4. The fourth-order valence-corrected chi connectivity index (χ4v) is 3.32. The molecule has 8 heteroatoms. The van der Waals surface area contributed by atoms with Crippen molar-refractivity contribution < 1.29 is 9.90 Å². The highest BCUT2D eigenvalue weighted by atomic mass is 79.9. The fraction of sp³-hybridized carbons (Fsp3) is 0.118. The molecule has 0 aliphatic heterocycles. The topological polar surface area (TPSA) is 68.0 Å². The van der Waals surface area contributed by atoms with Crippen LogP contribution in [0.25, 0.3) is 11.4 Å². The molecule has 0 bridgehead atoms. The largest absolute Gasteiger partial charge is 0.477 e. The van der Waals surface area contributed by atoms with E-state index in [1.807, 2.05) is 6.07 Å². The van der Waals surface area contributed by atoms with E-state index in [9.17, 15) is 9.90 Å². The fourth-order valence-electron chi connectivity index (χ4n) is 2.59. The van der Waals surface area contributed by atoms with Crippen LogP contribution in [0.4, 0.5) is 0 Å². The molecule has 1 N–H and O–H groups in total. The number of hydrogen-bond donors (Lipinski definition) is 1. The molecule has 3 rings (SSSR count). The van der Waals surface area contributed by atoms with E-state index in [1.54, 1.807) is 42.1 Å². The number of carbonyl (C=O) groups is 1. The molecule has 0 unspecified atom stereocenters. The molecule has 0 fully saturated rings. The molecule has 5 nitrogen and oxygen atoms in total. The second-order valence-corrected chi connectivity index (χ2v) is 7.15. The standard InChI is InChI=1S/C17H12BrCl2N3O2/c1-9-15(17(24)25)23(8-11-5-13(19)2-3-14(11)20)16(22-9)10-4-12(18)7-21-6-10/h2-7H,8H2,1H3,(H,24,25). The lowest BCUT2D eigenvalue weighted by atomic mass is 10.2. The summed E-state index contributed by atoms with van der Waals surface area (Å²) in [6.07, 6.45) is 3.28. The van der Waals surface area contributed by atoms with E-state index in [4.69, 9.17) is 23.2 Å². The molecule has 0 atom stereocenters. The number of hydrogen-bond acceptors (Lipinski definition) is 3. The van der Waals surface area contributed by atoms with Crippen LogP contribution in [0.1, 0.15) is 21.7 Å². The van der Waals surface area contributed by atoms with Crippen molar-refractivity contribution in [2.75, 3.05) is 0 Å². The van der Waals surface area contributed by atoms with Crippen LogP contribution in [0.5, 0.6) is 0 Å². The van der Waals surface area contributed by atoms with Crippen molar-refractivity contribution in [1.29, 1.82) is 0 Å². The van der Waals surface area contributed by atoms with Gasteiger partial charge in [-0.25, -0.2) is 9.78 Å². The average molecular weight is 441 g/mol. The zero-order valence-corrected chi connectivity index (χ0v) is 16.1. The Bertz CT molecular complexity index is 973. The van der Waals surface area contributed by atoms with E-state index in [-0.39, 0.29) is 12.2 Å². The molecule has 2 aromatic heterocycles. The predicted octanol–water partition coefficient (Wildman–Crippen LogP) is 5.07. The van der Waals surface area contributed by atoms with Crippen molar-refractivity contribution in [2.45, 2.75) is 13.5 Å². The number of pyridine rings is 1. The van der Waals surface area contributed by atoms with Crippen LogP contribution in [-0.2, 0) is 6.54 Å². The summed E-state index contributed by atoms with van der Waals surface area (Å²) in [5, 5.41) is 10.7. The molecule has 0 amide bonds. The zero-order valence-electron chi connectivity index (χ0n) is 13.0. The van der Waals surface area contributed by atoms with Crippen molar-refractivity contribution in [3.63, 3.8) is 0 Å². The number of benzene rings is 1. The molecule has 25 heavy (non-hydrogen) atoms. The Morgan fingerprint density at radius 2 is 2.04 bits per heavy atom. The number of aromatic nitrogens is 3. The Morgan fingerprint density at radius 1 is 1.28 bits per heavy atom. The van der Waals surface area contributed by atoms with E-state index >= 15 is 0 Å². The highest BCUT2D eigenvalue weighted by molar-refractivity contribution is 9.10. The van der Waals surface area contributed by atoms with Gasteiger partial charge in [0.15, 0.2) is 5.69 Å². The minimum absolute atomic E-state index is 0.103. The number of aryl methyl sites for hydroxylation is 1. The first-order valence-corrected chi connectivity index (χ1v) is 8.77. The molecule has 0 aliphatic carbocycles. The second-order valence-electron chi connectivity index (χ2n) is 5.39. The first-order chi connectivity index (χ1) is 11.9. The van der Waals surface area contributed by atoms with Gasteiger partial charge in [0.05, 0.1) is 12.2 Å². The minimum atomic E-state index is -1.06. The van der Waals surface area contributed by atoms with Gasteiger partial charge < -0.3 is 9.67 Å². The number of carboxylic acid groups (broad SMARTS) is 1. The predicted molar refractivity (Wildman–Crippen MR) is 100 cm³/mol. The Kier molecular flexibility index (Phi) is 5.13. The molecule has 0 saturated heterocycles. The summed E-state index contributed by atoms with van der Waals surface area (Å²) in [7, 11) is 0. The zero-order chi connectivity index (χ0) is 18.1. The van der Waals surface area contributed by atoms with E-state index in [2.05, 4.69) is 25.9 Å². The summed E-state index contributed by atoms with van der Waals surface area (Å²) in [4.78, 5) is 20.3. The summed E-state index contributed by atoms with van der Waals surface area (Å²) in [5.74, 6) is -0.558. The van der Waals surface area contributed by atoms with Gasteiger partial charge in [0.1, 0.15) is 5.82 Å². The van der Waals surface area contributed by atoms with Gasteiger partial charge in [0, 0.05) is 32.5 Å². The molecule has 0 saturated carbocycles. The number of aromatic carboxylic acids is 1. The molecule has 0 radical (unpaired) electrons. The molecule has 128 valence electrons. The smallest absolute Gasteiger partial charge is 0.354 e. The van der Waals surface area contributed by atoms with Crippen LogP contribution in [0.3, 0.4) is 0 Å². The van der Waals surface area contributed by atoms with Crippen LogP contribution in [0.15, 0.2) is 41.1 Å². The van der Waals surface area contributed by atoms with Crippen molar-refractivity contribution in [3.8, 4) is 11.4 Å². The number of imidazole rings is 1. The van der Waals surface area contributed by atoms with Gasteiger partial charge in [-0.2, -0.15) is 0 Å². The van der Waals surface area contributed by atoms with Gasteiger partial charge in [0.25, 0.3) is 0 Å². The highest BCUT2D eigenvalue weighted by Gasteiger charge is 2.22. The van der Waals surface area contributed by atoms with Gasteiger partial charge in [0.2, 0.25) is 0 Å². The Morgan fingerprint density at radius 3 is 2.72 bits per heavy atom. The second kappa shape index (κ2) is 7.15. The van der Waals surface area contributed by atoms with Crippen LogP contribution in [0, 0.1) is 6.92 Å². The van der Waals surface area contributed by atoms with E-state index in [0.717, 1.165) is 4.47 Å². The highest BCUT2D eigenvalue weighted by Crippen LogP contribution is 2.28. The lowest BCUT2D eigenvalue weighted by Crippen LogP contribution is -2.12. The van der Waals surface area contributed by atoms with Crippen LogP contribution in [-0.4, -0.2) is 25.6 Å². The van der Waals surface area contributed by atoms with E-state index < -0.39 is 5.97 Å². The molecule has 0 spiro atoms. The summed E-state index contributed by atoms with van der Waals surface area (Å²) >= 11 is 15.7. The number of carboxylic acids is 1. The first-order valence-electron chi connectivity index (χ1n) is 7.22. The quantitative estimate of drug-likeness (QED) is 0.614. The maximum absolute atomic E-state index is 11.8. The summed E-state index contributed by atoms with van der Waals surface area (Å²) in [6, 6.07) is 6.91. The van der Waals surface area contributed by atoms with Gasteiger partial charge in [-0.05, 0) is 52.7 Å². The average Bonchev–Trinajstić information content (AvgIpc) is 2.87. The summed E-state index contributed by atoms with van der Waals surface area (Å²) in [6.45, 7) is 1.89.